The maximum Gasteiger partial charge on any atom is 0.252 e. The van der Waals surface area contributed by atoms with Gasteiger partial charge in [0.2, 0.25) is 11.9 Å². The summed E-state index contributed by atoms with van der Waals surface area (Å²) in [5.74, 6) is -3.12. The van der Waals surface area contributed by atoms with Gasteiger partial charge in [-0.15, -0.1) is 0 Å². The van der Waals surface area contributed by atoms with Gasteiger partial charge in [-0.1, -0.05) is 30.3 Å². The Bertz CT molecular complexity index is 1140. The lowest BCUT2D eigenvalue weighted by molar-refractivity contribution is -0.120. The van der Waals surface area contributed by atoms with Crippen molar-refractivity contribution in [2.75, 3.05) is 5.32 Å². The number of hydrogen-bond donors (Lipinski definition) is 2. The molecule has 30 heavy (non-hydrogen) atoms. The minimum Gasteiger partial charge on any atom is -0.385 e. The van der Waals surface area contributed by atoms with Crippen LogP contribution >= 0.6 is 0 Å². The third kappa shape index (κ3) is 3.76. The second kappa shape index (κ2) is 7.18. The van der Waals surface area contributed by atoms with Crippen LogP contribution in [-0.4, -0.2) is 26.5 Å². The van der Waals surface area contributed by atoms with E-state index in [0.717, 1.165) is 0 Å². The number of aromatic nitrogens is 2. The molecule has 8 heteroatoms. The van der Waals surface area contributed by atoms with Gasteiger partial charge in [0.15, 0.2) is 0 Å². The molecule has 6 nitrogen and oxygen atoms in total. The zero-order chi connectivity index (χ0) is 21.5. The van der Waals surface area contributed by atoms with Crippen molar-refractivity contribution in [1.29, 1.82) is 5.26 Å². The van der Waals surface area contributed by atoms with Crippen LogP contribution in [0.3, 0.4) is 0 Å². The minimum atomic E-state index is -2.76. The molecule has 0 saturated heterocycles. The molecule has 154 valence electrons. The van der Waals surface area contributed by atoms with E-state index in [9.17, 15) is 23.9 Å². The number of aliphatic hydroxyl groups is 1. The molecule has 1 fully saturated rings. The Morgan fingerprint density at radius 3 is 2.67 bits per heavy atom. The van der Waals surface area contributed by atoms with E-state index in [1.807, 2.05) is 12.1 Å². The maximum atomic E-state index is 13.5. The fourth-order valence-electron chi connectivity index (χ4n) is 3.81. The Hall–Kier alpha value is -3.31. The molecule has 0 bridgehead atoms. The van der Waals surface area contributed by atoms with Gasteiger partial charge in [0.05, 0.1) is 34.7 Å². The molecule has 1 aromatic heterocycles. The molecule has 1 heterocycles. The average Bonchev–Trinajstić information content (AvgIpc) is 3.02. The second-order valence-corrected chi connectivity index (χ2v) is 7.90. The Morgan fingerprint density at radius 2 is 2.03 bits per heavy atom. The van der Waals surface area contributed by atoms with Crippen molar-refractivity contribution in [3.8, 4) is 6.07 Å². The van der Waals surface area contributed by atoms with Gasteiger partial charge in [0, 0.05) is 18.9 Å². The number of alkyl halides is 2. The lowest BCUT2D eigenvalue weighted by Crippen LogP contribution is -2.38. The van der Waals surface area contributed by atoms with E-state index in [1.165, 1.54) is 6.92 Å². The second-order valence-electron chi connectivity index (χ2n) is 7.90. The number of anilines is 1. The number of rotatable bonds is 5. The average molecular weight is 410 g/mol. The molecule has 1 saturated carbocycles. The third-order valence-corrected chi connectivity index (χ3v) is 5.40. The van der Waals surface area contributed by atoms with E-state index < -0.39 is 23.5 Å². The van der Waals surface area contributed by atoms with E-state index in [1.54, 1.807) is 47.0 Å². The van der Waals surface area contributed by atoms with E-state index >= 15 is 0 Å². The summed E-state index contributed by atoms with van der Waals surface area (Å²) in [5, 5.41) is 22.6. The number of benzene rings is 2. The first-order chi connectivity index (χ1) is 14.2. The van der Waals surface area contributed by atoms with E-state index in [2.05, 4.69) is 10.3 Å². The van der Waals surface area contributed by atoms with Gasteiger partial charge >= 0.3 is 0 Å². The maximum absolute atomic E-state index is 13.5. The first-order valence-electron chi connectivity index (χ1n) is 9.56. The number of amides is 1. The van der Waals surface area contributed by atoms with Crippen molar-refractivity contribution in [3.05, 3.63) is 59.7 Å². The van der Waals surface area contributed by atoms with Crippen LogP contribution in [0.4, 0.5) is 14.7 Å². The summed E-state index contributed by atoms with van der Waals surface area (Å²) in [6, 6.07) is 15.1. The van der Waals surface area contributed by atoms with Gasteiger partial charge in [-0.05, 0) is 30.7 Å². The topological polar surface area (TPSA) is 90.9 Å². The van der Waals surface area contributed by atoms with E-state index in [4.69, 9.17) is 0 Å². The van der Waals surface area contributed by atoms with Crippen molar-refractivity contribution in [2.45, 2.75) is 43.8 Å². The van der Waals surface area contributed by atoms with Crippen LogP contribution in [0.5, 0.6) is 0 Å². The van der Waals surface area contributed by atoms with Gasteiger partial charge < -0.3 is 9.67 Å². The van der Waals surface area contributed by atoms with Gasteiger partial charge in [0.1, 0.15) is 0 Å². The molecule has 1 aliphatic rings. The van der Waals surface area contributed by atoms with Crippen LogP contribution in [0, 0.1) is 11.3 Å². The molecule has 3 aromatic rings. The number of nitriles is 1. The van der Waals surface area contributed by atoms with Crippen LogP contribution in [0.15, 0.2) is 48.5 Å². The molecule has 0 unspecified atom stereocenters. The molecule has 1 aliphatic carbocycles. The van der Waals surface area contributed by atoms with Crippen LogP contribution in [0.1, 0.15) is 43.4 Å². The predicted octanol–water partition coefficient (Wildman–Crippen LogP) is 4.11. The van der Waals surface area contributed by atoms with Crippen LogP contribution < -0.4 is 5.32 Å². The molecular formula is C22H20F2N4O2. The number of nitrogens with zero attached hydrogens (tertiary/aromatic N) is 3. The number of nitrogens with one attached hydrogen (secondary N) is 1. The summed E-state index contributed by atoms with van der Waals surface area (Å²) in [4.78, 5) is 17.1. The Kier molecular flexibility index (Phi) is 4.79. The molecule has 1 amide bonds. The van der Waals surface area contributed by atoms with Crippen molar-refractivity contribution in [3.63, 3.8) is 0 Å². The van der Waals surface area contributed by atoms with Gasteiger partial charge in [0.25, 0.3) is 5.92 Å². The zero-order valence-corrected chi connectivity index (χ0v) is 16.3. The molecule has 0 aliphatic heterocycles. The van der Waals surface area contributed by atoms with Crippen LogP contribution in [-0.2, 0) is 10.4 Å². The Morgan fingerprint density at radius 1 is 1.33 bits per heavy atom. The largest absolute Gasteiger partial charge is 0.385 e. The van der Waals surface area contributed by atoms with Crippen molar-refractivity contribution >= 4 is 22.9 Å². The Labute approximate surface area is 171 Å². The number of hydrogen-bond acceptors (Lipinski definition) is 4. The van der Waals surface area contributed by atoms with Crippen molar-refractivity contribution < 1.29 is 18.7 Å². The standard InChI is InChI=1S/C22H20F2N4O2/c1-21(30,15-5-3-2-4-6-15)12-19(29)27-20-26-17-8-7-14(13-25)9-18(17)28(20)16-10-22(23,24)11-16/h2-9,16,30H,10-12H2,1H3,(H,26,27,29)/t21-/m1/s1. The predicted molar refractivity (Wildman–Crippen MR) is 107 cm³/mol. The molecule has 0 spiro atoms. The highest BCUT2D eigenvalue weighted by Crippen LogP contribution is 2.47. The summed E-state index contributed by atoms with van der Waals surface area (Å²) in [6.07, 6.45) is -0.954. The fourth-order valence-corrected chi connectivity index (χ4v) is 3.81. The number of halogens is 2. The van der Waals surface area contributed by atoms with Crippen LogP contribution in [0.25, 0.3) is 11.0 Å². The summed E-state index contributed by atoms with van der Waals surface area (Å²) in [5.41, 5.74) is 0.569. The van der Waals surface area contributed by atoms with Gasteiger partial charge in [-0.25, -0.2) is 13.8 Å². The Balaban J connectivity index is 1.63. The number of carbonyl (C=O) groups excluding carboxylic acids is 1. The van der Waals surface area contributed by atoms with Crippen molar-refractivity contribution in [2.24, 2.45) is 0 Å². The van der Waals surface area contributed by atoms with E-state index in [-0.39, 0.29) is 25.2 Å². The lowest BCUT2D eigenvalue weighted by Gasteiger charge is -2.36. The summed E-state index contributed by atoms with van der Waals surface area (Å²) < 4.78 is 28.6. The van der Waals surface area contributed by atoms with Crippen LogP contribution in [0.2, 0.25) is 0 Å². The van der Waals surface area contributed by atoms with Gasteiger partial charge in [-0.3, -0.25) is 10.1 Å². The molecule has 0 radical (unpaired) electrons. The summed E-state index contributed by atoms with van der Waals surface area (Å²) in [6.45, 7) is 1.54. The first kappa shape index (κ1) is 20.0. The summed E-state index contributed by atoms with van der Waals surface area (Å²) in [7, 11) is 0. The SMILES string of the molecule is C[C@@](O)(CC(=O)Nc1nc2ccc(C#N)cc2n1C1CC(F)(F)C1)c1ccccc1. The monoisotopic (exact) mass is 410 g/mol. The quantitative estimate of drug-likeness (QED) is 0.662. The molecule has 4 rings (SSSR count). The molecule has 2 N–H and O–H groups in total. The minimum absolute atomic E-state index is 0.134. The highest BCUT2D eigenvalue weighted by atomic mass is 19.3. The fraction of sp³-hybridized carbons (Fsp3) is 0.318. The van der Waals surface area contributed by atoms with E-state index in [0.29, 0.717) is 22.2 Å². The first-order valence-corrected chi connectivity index (χ1v) is 9.56. The smallest absolute Gasteiger partial charge is 0.252 e. The number of fused-ring (bicyclic) bond motifs is 1. The normalized spacial score (nSPS) is 17.7. The molecular weight excluding hydrogens is 390 g/mol. The lowest BCUT2D eigenvalue weighted by atomic mass is 9.88. The van der Waals surface area contributed by atoms with Crippen molar-refractivity contribution in [1.82, 2.24) is 9.55 Å². The molecule has 1 atom stereocenters. The number of imidazole rings is 1. The van der Waals surface area contributed by atoms with Gasteiger partial charge in [-0.2, -0.15) is 5.26 Å². The zero-order valence-electron chi connectivity index (χ0n) is 16.3. The summed E-state index contributed by atoms with van der Waals surface area (Å²) >= 11 is 0. The molecule has 2 aromatic carbocycles. The highest BCUT2D eigenvalue weighted by molar-refractivity contribution is 5.92. The highest BCUT2D eigenvalue weighted by Gasteiger charge is 2.47. The number of carbonyl (C=O) groups is 1. The third-order valence-electron chi connectivity index (χ3n) is 5.40.